The minimum Gasteiger partial charge on any atom is -0.490 e. The van der Waals surface area contributed by atoms with Gasteiger partial charge in [-0.3, -0.25) is 25.7 Å². The minimum atomic E-state index is -0.708. The Morgan fingerprint density at radius 2 is 1.79 bits per heavy atom. The number of nitro groups is 2. The number of ether oxygens (including phenoxy) is 2. The monoisotopic (exact) mass is 562 g/mol. The number of hydrogen-bond donors (Lipinski definition) is 1. The van der Waals surface area contributed by atoms with Gasteiger partial charge in [0.15, 0.2) is 11.5 Å². The molecule has 10 nitrogen and oxygen atoms in total. The highest BCUT2D eigenvalue weighted by molar-refractivity contribution is 14.1. The second kappa shape index (κ2) is 11.2. The summed E-state index contributed by atoms with van der Waals surface area (Å²) < 4.78 is 12.5. The zero-order valence-electron chi connectivity index (χ0n) is 17.4. The topological polar surface area (TPSA) is 129 Å². The Bertz CT molecular complexity index is 1190. The van der Waals surface area contributed by atoms with E-state index in [1.807, 2.05) is 43.3 Å². The Hall–Kier alpha value is -3.74. The lowest BCUT2D eigenvalue weighted by Gasteiger charge is -2.14. The lowest BCUT2D eigenvalue weighted by molar-refractivity contribution is -0.393. The number of nitrogens with one attached hydrogen (secondary N) is 1. The summed E-state index contributed by atoms with van der Waals surface area (Å²) >= 11 is 2.14. The molecule has 0 unspecified atom stereocenters. The van der Waals surface area contributed by atoms with Gasteiger partial charge in [0, 0.05) is 6.07 Å². The molecule has 0 heterocycles. The van der Waals surface area contributed by atoms with Crippen LogP contribution < -0.4 is 14.9 Å². The van der Waals surface area contributed by atoms with Crippen LogP contribution in [0.1, 0.15) is 18.1 Å². The summed E-state index contributed by atoms with van der Waals surface area (Å²) in [6.45, 7) is 2.69. The first-order chi connectivity index (χ1) is 15.9. The quantitative estimate of drug-likeness (QED) is 0.149. The lowest BCUT2D eigenvalue weighted by atomic mass is 10.2. The Morgan fingerprint density at radius 3 is 2.45 bits per heavy atom. The Morgan fingerprint density at radius 1 is 1.03 bits per heavy atom. The van der Waals surface area contributed by atoms with Crippen molar-refractivity contribution in [3.63, 3.8) is 0 Å². The van der Waals surface area contributed by atoms with Crippen LogP contribution in [-0.4, -0.2) is 22.7 Å². The van der Waals surface area contributed by atoms with Crippen LogP contribution >= 0.6 is 22.6 Å². The van der Waals surface area contributed by atoms with Gasteiger partial charge in [0.1, 0.15) is 12.3 Å². The first kappa shape index (κ1) is 23.9. The maximum absolute atomic E-state index is 11.3. The normalized spacial score (nSPS) is 10.7. The number of benzene rings is 3. The number of halogens is 1. The lowest BCUT2D eigenvalue weighted by Crippen LogP contribution is -2.03. The van der Waals surface area contributed by atoms with Crippen LogP contribution in [0.25, 0.3) is 0 Å². The maximum atomic E-state index is 11.3. The van der Waals surface area contributed by atoms with E-state index in [0.717, 1.165) is 15.2 Å². The summed E-state index contributed by atoms with van der Waals surface area (Å²) in [5.74, 6) is 1.15. The summed E-state index contributed by atoms with van der Waals surface area (Å²) in [5.41, 5.74) is 3.48. The molecule has 0 saturated heterocycles. The predicted octanol–water partition coefficient (Wildman–Crippen LogP) is 5.53. The molecule has 3 aromatic carbocycles. The van der Waals surface area contributed by atoms with Gasteiger partial charge in [-0.15, -0.1) is 0 Å². The molecular formula is C22H19IN4O6. The number of hydrazone groups is 1. The molecule has 3 rings (SSSR count). The second-order valence-corrected chi connectivity index (χ2v) is 7.79. The van der Waals surface area contributed by atoms with Gasteiger partial charge in [0.2, 0.25) is 0 Å². The molecule has 0 aliphatic carbocycles. The van der Waals surface area contributed by atoms with Crippen molar-refractivity contribution in [3.05, 3.63) is 95.6 Å². The smallest absolute Gasteiger partial charge is 0.301 e. The van der Waals surface area contributed by atoms with Gasteiger partial charge in [0.25, 0.3) is 5.69 Å². The van der Waals surface area contributed by atoms with Crippen molar-refractivity contribution in [3.8, 4) is 11.5 Å². The van der Waals surface area contributed by atoms with Gasteiger partial charge in [0.05, 0.1) is 32.3 Å². The second-order valence-electron chi connectivity index (χ2n) is 6.62. The van der Waals surface area contributed by atoms with Crippen molar-refractivity contribution in [2.75, 3.05) is 12.0 Å². The SMILES string of the molecule is CCOc1cc(/C=N\Nc2ccc([N+](=O)[O-])cc2[N+](=O)[O-])cc(I)c1OCc1ccccc1. The number of nitro benzene ring substituents is 2. The van der Waals surface area contributed by atoms with Crippen molar-refractivity contribution >= 4 is 45.9 Å². The minimum absolute atomic E-state index is 0.0318. The summed E-state index contributed by atoms with van der Waals surface area (Å²) in [7, 11) is 0. The summed E-state index contributed by atoms with van der Waals surface area (Å²) in [6.07, 6.45) is 1.47. The molecule has 170 valence electrons. The molecule has 3 aromatic rings. The van der Waals surface area contributed by atoms with Gasteiger partial charge in [-0.1, -0.05) is 30.3 Å². The van der Waals surface area contributed by atoms with Gasteiger partial charge in [-0.25, -0.2) is 0 Å². The Balaban J connectivity index is 1.79. The molecule has 0 aromatic heterocycles. The van der Waals surface area contributed by atoms with E-state index in [2.05, 4.69) is 33.1 Å². The van der Waals surface area contributed by atoms with Crippen LogP contribution in [-0.2, 0) is 6.61 Å². The van der Waals surface area contributed by atoms with Gasteiger partial charge < -0.3 is 9.47 Å². The number of hydrogen-bond acceptors (Lipinski definition) is 8. The largest absolute Gasteiger partial charge is 0.490 e. The average Bonchev–Trinajstić information content (AvgIpc) is 2.79. The van der Waals surface area contributed by atoms with Crippen LogP contribution in [0, 0.1) is 23.8 Å². The van der Waals surface area contributed by atoms with E-state index in [1.54, 1.807) is 6.07 Å². The van der Waals surface area contributed by atoms with Crippen LogP contribution in [0.2, 0.25) is 0 Å². The zero-order valence-corrected chi connectivity index (χ0v) is 19.6. The maximum Gasteiger partial charge on any atom is 0.301 e. The first-order valence-electron chi connectivity index (χ1n) is 9.74. The molecule has 0 atom stereocenters. The fraction of sp³-hybridized carbons (Fsp3) is 0.136. The van der Waals surface area contributed by atoms with E-state index in [0.29, 0.717) is 30.3 Å². The van der Waals surface area contributed by atoms with Crippen LogP contribution in [0.3, 0.4) is 0 Å². The number of rotatable bonds is 10. The van der Waals surface area contributed by atoms with Gasteiger partial charge >= 0.3 is 5.69 Å². The fourth-order valence-corrected chi connectivity index (χ4v) is 3.63. The van der Waals surface area contributed by atoms with E-state index < -0.39 is 15.5 Å². The van der Waals surface area contributed by atoms with Crippen molar-refractivity contribution in [2.24, 2.45) is 5.10 Å². The molecule has 11 heteroatoms. The highest BCUT2D eigenvalue weighted by Crippen LogP contribution is 2.35. The predicted molar refractivity (Wildman–Crippen MR) is 132 cm³/mol. The van der Waals surface area contributed by atoms with E-state index in [1.165, 1.54) is 18.3 Å². The van der Waals surface area contributed by atoms with Crippen LogP contribution in [0.5, 0.6) is 11.5 Å². The Kier molecular flexibility index (Phi) is 8.13. The fourth-order valence-electron chi connectivity index (χ4n) is 2.85. The molecule has 0 bridgehead atoms. The summed E-state index contributed by atoms with van der Waals surface area (Å²) in [6, 6.07) is 16.6. The summed E-state index contributed by atoms with van der Waals surface area (Å²) in [4.78, 5) is 20.7. The molecule has 33 heavy (non-hydrogen) atoms. The van der Waals surface area contributed by atoms with E-state index in [9.17, 15) is 20.2 Å². The molecule has 0 fully saturated rings. The third-order valence-electron chi connectivity index (χ3n) is 4.35. The first-order valence-corrected chi connectivity index (χ1v) is 10.8. The van der Waals surface area contributed by atoms with Crippen molar-refractivity contribution in [1.29, 1.82) is 0 Å². The molecular weight excluding hydrogens is 543 g/mol. The van der Waals surface area contributed by atoms with Crippen LogP contribution in [0.4, 0.5) is 17.1 Å². The van der Waals surface area contributed by atoms with Crippen LogP contribution in [0.15, 0.2) is 65.8 Å². The number of non-ortho nitro benzene ring substituents is 1. The Labute approximate surface area is 202 Å². The van der Waals surface area contributed by atoms with Gasteiger partial charge in [-0.05, 0) is 58.8 Å². The summed E-state index contributed by atoms with van der Waals surface area (Å²) in [5, 5.41) is 26.2. The van der Waals surface area contributed by atoms with E-state index in [-0.39, 0.29) is 11.4 Å². The van der Waals surface area contributed by atoms with Gasteiger partial charge in [-0.2, -0.15) is 5.10 Å². The molecule has 0 aliphatic rings. The van der Waals surface area contributed by atoms with Crippen molar-refractivity contribution < 1.29 is 19.3 Å². The highest BCUT2D eigenvalue weighted by Gasteiger charge is 2.19. The van der Waals surface area contributed by atoms with Crippen molar-refractivity contribution in [2.45, 2.75) is 13.5 Å². The molecule has 0 radical (unpaired) electrons. The molecule has 0 aliphatic heterocycles. The van der Waals surface area contributed by atoms with E-state index >= 15 is 0 Å². The zero-order chi connectivity index (χ0) is 23.8. The molecule has 0 amide bonds. The molecule has 1 N–H and O–H groups in total. The van der Waals surface area contributed by atoms with E-state index in [4.69, 9.17) is 9.47 Å². The highest BCUT2D eigenvalue weighted by atomic mass is 127. The standard InChI is InChI=1S/C22H19IN4O6/c1-2-32-21-11-16(10-18(23)22(21)33-14-15-6-4-3-5-7-15)13-24-25-19-9-8-17(26(28)29)12-20(19)27(30)31/h3-13,25H,2,14H2,1H3/b24-13-. The molecule has 0 saturated carbocycles. The average molecular weight is 562 g/mol. The number of nitrogens with zero attached hydrogens (tertiary/aromatic N) is 3. The third kappa shape index (κ3) is 6.38. The molecule has 0 spiro atoms. The van der Waals surface area contributed by atoms with Crippen molar-refractivity contribution in [1.82, 2.24) is 0 Å². The third-order valence-corrected chi connectivity index (χ3v) is 5.15. The number of anilines is 1.